The van der Waals surface area contributed by atoms with Crippen molar-refractivity contribution < 1.29 is 38.0 Å². The lowest BCUT2D eigenvalue weighted by molar-refractivity contribution is 0.0955. The number of aromatic nitrogens is 6. The summed E-state index contributed by atoms with van der Waals surface area (Å²) >= 11 is 3.39. The zero-order chi connectivity index (χ0) is 47.5. The first-order valence-electron chi connectivity index (χ1n) is 20.2. The lowest BCUT2D eigenvalue weighted by atomic mass is 9.80. The largest absolute Gasteiger partial charge is 0.488 e. The van der Waals surface area contributed by atoms with Gasteiger partial charge in [-0.15, -0.1) is 0 Å². The predicted octanol–water partition coefficient (Wildman–Crippen LogP) is 6.22. The maximum absolute atomic E-state index is 13.2. The van der Waals surface area contributed by atoms with E-state index in [1.807, 2.05) is 26.0 Å². The molecule has 67 heavy (non-hydrogen) atoms. The molecular weight excluding hydrogens is 929 g/mol. The molecule has 0 unspecified atom stereocenters. The van der Waals surface area contributed by atoms with Crippen LogP contribution in [0.1, 0.15) is 62.7 Å². The predicted molar refractivity (Wildman–Crippen MR) is 256 cm³/mol. The molecule has 0 saturated heterocycles. The Balaban J connectivity index is 0.000000203. The minimum Gasteiger partial charge on any atom is -0.423 e. The first-order valence-corrected chi connectivity index (χ1v) is 21.0. The molecule has 6 heterocycles. The molecule has 20 heteroatoms. The van der Waals surface area contributed by atoms with Crippen molar-refractivity contribution in [2.45, 2.75) is 21.3 Å². The van der Waals surface area contributed by atoms with Crippen LogP contribution >= 0.6 is 15.9 Å². The van der Waals surface area contributed by atoms with Gasteiger partial charge in [0.15, 0.2) is 0 Å². The number of anilines is 2. The minimum absolute atomic E-state index is 0. The van der Waals surface area contributed by atoms with Crippen LogP contribution in [0.15, 0.2) is 139 Å². The van der Waals surface area contributed by atoms with Crippen LogP contribution < -0.4 is 25.9 Å². The third kappa shape index (κ3) is 12.0. The van der Waals surface area contributed by atoms with E-state index in [2.05, 4.69) is 46.7 Å². The fraction of sp³-hybridized carbons (Fsp3) is 0.149. The standard InChI is InChI=1S/C23H20FN5O2.C15H12BrFN4O.C8H10BNO3.CH4/c1-3-28(21-9-8-18(24)13-26-21)23(31)17-10-11-29-20(12-17)19(14-27-29)15-4-6-16(7-5-15)22(30)25-2;1-2-20(14-4-3-11(17)8-18-14)15(22)10-5-6-21-13(7-10)12(16)9-19-21;1-10-8(11)6-2-4-7(5-3-6)9(12)13;/h4-14H,3H2,1-2H3,(H,25,30);3-9H,2H2,1H3;2-5,12-13H,1H3,(H,10,11);1H4. The molecule has 4 amide bonds. The number of carbonyl (C=O) groups excluding carboxylic acids is 4. The highest BCUT2D eigenvalue weighted by atomic mass is 79.9. The van der Waals surface area contributed by atoms with Gasteiger partial charge in [0.25, 0.3) is 23.6 Å². The summed E-state index contributed by atoms with van der Waals surface area (Å²) in [6, 6.07) is 25.7. The van der Waals surface area contributed by atoms with Crippen molar-refractivity contribution >= 4 is 74.8 Å². The third-order valence-electron chi connectivity index (χ3n) is 9.97. The number of nitrogens with one attached hydrogen (secondary N) is 2. The Labute approximate surface area is 393 Å². The van der Waals surface area contributed by atoms with Crippen molar-refractivity contribution in [3.05, 3.63) is 173 Å². The maximum atomic E-state index is 13.2. The molecule has 0 fully saturated rings. The van der Waals surface area contributed by atoms with Crippen LogP contribution in [0.5, 0.6) is 0 Å². The molecule has 0 spiro atoms. The summed E-state index contributed by atoms with van der Waals surface area (Å²) in [5, 5.41) is 31.1. The molecule has 0 saturated carbocycles. The molecular formula is C47H46BBrF2N10O6. The molecule has 16 nitrogen and oxygen atoms in total. The molecule has 344 valence electrons. The summed E-state index contributed by atoms with van der Waals surface area (Å²) in [6.07, 6.45) is 9.02. The highest BCUT2D eigenvalue weighted by molar-refractivity contribution is 9.10. The summed E-state index contributed by atoms with van der Waals surface area (Å²) in [4.78, 5) is 59.6. The Kier molecular flexibility index (Phi) is 17.3. The average molecular weight is 976 g/mol. The first-order chi connectivity index (χ1) is 31.8. The lowest BCUT2D eigenvalue weighted by Crippen LogP contribution is -2.31. The molecule has 0 aliphatic heterocycles. The molecule has 2 aromatic carbocycles. The van der Waals surface area contributed by atoms with Crippen LogP contribution in [0.2, 0.25) is 0 Å². The molecule has 0 radical (unpaired) electrons. The van der Waals surface area contributed by atoms with E-state index < -0.39 is 18.8 Å². The van der Waals surface area contributed by atoms with Crippen molar-refractivity contribution in [3.8, 4) is 11.1 Å². The number of pyridine rings is 4. The van der Waals surface area contributed by atoms with Gasteiger partial charge in [-0.2, -0.15) is 10.2 Å². The van der Waals surface area contributed by atoms with Crippen LogP contribution in [0.25, 0.3) is 22.2 Å². The second-order valence-corrected chi connectivity index (χ2v) is 14.9. The lowest BCUT2D eigenvalue weighted by Gasteiger charge is -2.20. The summed E-state index contributed by atoms with van der Waals surface area (Å²) in [7, 11) is 1.64. The number of hydrogen-bond acceptors (Lipinski definition) is 10. The second kappa shape index (κ2) is 23.0. The van der Waals surface area contributed by atoms with E-state index in [0.717, 1.165) is 39.0 Å². The van der Waals surface area contributed by atoms with E-state index in [4.69, 9.17) is 10.0 Å². The smallest absolute Gasteiger partial charge is 0.423 e. The zero-order valence-corrected chi connectivity index (χ0v) is 37.5. The van der Waals surface area contributed by atoms with E-state index in [0.29, 0.717) is 52.4 Å². The number of rotatable bonds is 10. The van der Waals surface area contributed by atoms with E-state index >= 15 is 0 Å². The van der Waals surface area contributed by atoms with Gasteiger partial charge in [-0.25, -0.2) is 27.8 Å². The first kappa shape index (κ1) is 50.3. The maximum Gasteiger partial charge on any atom is 0.488 e. The normalized spacial score (nSPS) is 10.4. The number of halogens is 3. The Morgan fingerprint density at radius 1 is 0.627 bits per heavy atom. The van der Waals surface area contributed by atoms with Crippen LogP contribution in [0.3, 0.4) is 0 Å². The molecule has 0 bridgehead atoms. The van der Waals surface area contributed by atoms with E-state index in [9.17, 15) is 28.0 Å². The fourth-order valence-electron chi connectivity index (χ4n) is 6.50. The van der Waals surface area contributed by atoms with Gasteiger partial charge in [-0.3, -0.25) is 29.0 Å². The molecule has 6 aromatic heterocycles. The Morgan fingerprint density at radius 2 is 1.07 bits per heavy atom. The fourth-order valence-corrected chi connectivity index (χ4v) is 6.89. The quantitative estimate of drug-likeness (QED) is 0.114. The SMILES string of the molecule is C.CCN(C(=O)c1ccn2ncc(-c3ccc(C(=O)NC)cc3)c2c1)c1ccc(F)cn1.CCN(C(=O)c1ccn2ncc(Br)c2c1)c1ccc(F)cn1.CNC(=O)c1ccc(B(O)O)cc1. The van der Waals surface area contributed by atoms with E-state index in [1.54, 1.807) is 77.3 Å². The number of carbonyl (C=O) groups is 4. The van der Waals surface area contributed by atoms with E-state index in [1.165, 1.54) is 65.4 Å². The number of nitrogens with zero attached hydrogens (tertiary/aromatic N) is 8. The third-order valence-corrected chi connectivity index (χ3v) is 10.6. The van der Waals surface area contributed by atoms with Crippen molar-refractivity contribution in [2.24, 2.45) is 0 Å². The van der Waals surface area contributed by atoms with Crippen molar-refractivity contribution in [3.63, 3.8) is 0 Å². The van der Waals surface area contributed by atoms with Crippen molar-refractivity contribution in [1.82, 2.24) is 39.8 Å². The number of amides is 4. The molecule has 4 N–H and O–H groups in total. The molecule has 0 aliphatic carbocycles. The van der Waals surface area contributed by atoms with Crippen molar-refractivity contribution in [1.29, 1.82) is 0 Å². The van der Waals surface area contributed by atoms with Crippen LogP contribution in [0, 0.1) is 11.6 Å². The van der Waals surface area contributed by atoms with Gasteiger partial charge in [0, 0.05) is 67.4 Å². The Bertz CT molecular complexity index is 2970. The monoisotopic (exact) mass is 974 g/mol. The van der Waals surface area contributed by atoms with Crippen LogP contribution in [-0.2, 0) is 0 Å². The zero-order valence-electron chi connectivity index (χ0n) is 35.9. The topological polar surface area (TPSA) is 200 Å². The number of fused-ring (bicyclic) bond motifs is 2. The average Bonchev–Trinajstić information content (AvgIpc) is 3.95. The molecule has 8 aromatic rings. The number of hydrogen-bond donors (Lipinski definition) is 4. The van der Waals surface area contributed by atoms with Gasteiger partial charge in [-0.1, -0.05) is 31.7 Å². The Hall–Kier alpha value is -7.68. The van der Waals surface area contributed by atoms with Gasteiger partial charge in [-0.05, 0) is 114 Å². The van der Waals surface area contributed by atoms with E-state index in [-0.39, 0.29) is 31.1 Å². The minimum atomic E-state index is -1.49. The molecule has 0 aliphatic rings. The molecule has 0 atom stereocenters. The summed E-state index contributed by atoms with van der Waals surface area (Å²) in [6.45, 7) is 4.49. The van der Waals surface area contributed by atoms with Crippen LogP contribution in [0.4, 0.5) is 20.4 Å². The summed E-state index contributed by atoms with van der Waals surface area (Å²) in [5.74, 6) is -0.888. The highest BCUT2D eigenvalue weighted by Gasteiger charge is 2.21. The Morgan fingerprint density at radius 3 is 1.51 bits per heavy atom. The summed E-state index contributed by atoms with van der Waals surface area (Å²) < 4.78 is 30.4. The van der Waals surface area contributed by atoms with Gasteiger partial charge in [0.2, 0.25) is 0 Å². The van der Waals surface area contributed by atoms with Gasteiger partial charge in [0.05, 0.1) is 40.3 Å². The van der Waals surface area contributed by atoms with Crippen LogP contribution in [-0.4, -0.2) is 97.2 Å². The number of benzene rings is 2. The summed E-state index contributed by atoms with van der Waals surface area (Å²) in [5.41, 5.74) is 5.66. The molecule has 8 rings (SSSR count). The van der Waals surface area contributed by atoms with Gasteiger partial charge < -0.3 is 20.7 Å². The van der Waals surface area contributed by atoms with Gasteiger partial charge in [0.1, 0.15) is 23.3 Å². The second-order valence-electron chi connectivity index (χ2n) is 14.0. The highest BCUT2D eigenvalue weighted by Crippen LogP contribution is 2.27. The van der Waals surface area contributed by atoms with Gasteiger partial charge >= 0.3 is 7.12 Å². The van der Waals surface area contributed by atoms with Crippen molar-refractivity contribution in [2.75, 3.05) is 37.0 Å².